The summed E-state index contributed by atoms with van der Waals surface area (Å²) in [6.07, 6.45) is -1.07. The first-order valence-electron chi connectivity index (χ1n) is 18.5. The van der Waals surface area contributed by atoms with E-state index in [0.717, 1.165) is 68.1 Å². The van der Waals surface area contributed by atoms with Gasteiger partial charge in [-0.3, -0.25) is 14.4 Å². The summed E-state index contributed by atoms with van der Waals surface area (Å²) in [5.41, 5.74) is 7.44. The number of anilines is 2. The minimum Gasteiger partial charge on any atom is -0.461 e. The van der Waals surface area contributed by atoms with Gasteiger partial charge in [0.15, 0.2) is 11.5 Å². The molecule has 8 rings (SSSR count). The molecule has 2 N–H and O–H groups in total. The number of carbonyl (C=O) groups is 1. The minimum absolute atomic E-state index is 0.0911. The summed E-state index contributed by atoms with van der Waals surface area (Å²) in [5.74, 6) is 4.37. The number of carbonyl (C=O) groups excluding carboxylic acids is 1. The SMILES string of the molecule is C=C1CN2CCC[C@]2(COc2nc3c(c(N4CCCn5nc(C(=O)N(C)C)c(C6CC6)c5C4)n2)CO[C@H](c2c(F)c(N)cc(C#CC)c2C(F)(F)F)C3)C1. The van der Waals surface area contributed by atoms with Crippen LogP contribution < -0.4 is 15.4 Å². The highest BCUT2D eigenvalue weighted by Gasteiger charge is 2.47. The number of aromatic nitrogens is 4. The van der Waals surface area contributed by atoms with Crippen LogP contribution in [0.3, 0.4) is 0 Å². The first-order chi connectivity index (χ1) is 25.8. The highest BCUT2D eigenvalue weighted by atomic mass is 19.4. The maximum atomic E-state index is 15.8. The van der Waals surface area contributed by atoms with Crippen LogP contribution >= 0.6 is 0 Å². The smallest absolute Gasteiger partial charge is 0.418 e. The number of benzene rings is 1. The number of hydrogen-bond acceptors (Lipinski definition) is 9. The van der Waals surface area contributed by atoms with E-state index in [-0.39, 0.29) is 36.4 Å². The molecule has 6 heterocycles. The second kappa shape index (κ2) is 13.6. The molecular weight excluding hydrogens is 704 g/mol. The van der Waals surface area contributed by atoms with Crippen LogP contribution in [0.5, 0.6) is 6.01 Å². The standard InChI is InChI=1S/C39H44F4N8O3/c1-5-8-24-15-26(44)33(40)31(32(24)39(41,42)43)29-16-27-25(20-53-29)35(46-37(45-27)54-21-38-11-6-13-50(38)18-22(2)17-38)49-12-7-14-51-28(19-49)30(23-9-10-23)34(47-51)36(52)48(3)4/h15,23,29H,2,6-7,9-14,16-21,44H2,1,3-4H3/t29-,38+/m0/s1. The van der Waals surface area contributed by atoms with E-state index in [4.69, 9.17) is 30.3 Å². The number of hydrogen-bond donors (Lipinski definition) is 1. The molecule has 2 saturated heterocycles. The quantitative estimate of drug-likeness (QED) is 0.140. The summed E-state index contributed by atoms with van der Waals surface area (Å²) in [7, 11) is 3.43. The molecule has 0 bridgehead atoms. The van der Waals surface area contributed by atoms with Crippen LogP contribution in [0.2, 0.25) is 0 Å². The van der Waals surface area contributed by atoms with Crippen LogP contribution in [-0.2, 0) is 37.0 Å². The second-order valence-corrected chi connectivity index (χ2v) is 15.4. The molecule has 0 spiro atoms. The first-order valence-corrected chi connectivity index (χ1v) is 18.5. The zero-order valence-electron chi connectivity index (χ0n) is 30.8. The Hall–Kier alpha value is -4.68. The summed E-state index contributed by atoms with van der Waals surface area (Å²) >= 11 is 0. The van der Waals surface area contributed by atoms with Crippen molar-refractivity contribution in [2.45, 2.75) is 95.3 Å². The molecule has 1 aliphatic carbocycles. The Balaban J connectivity index is 1.21. The summed E-state index contributed by atoms with van der Waals surface area (Å²) in [6, 6.07) is 1.01. The molecule has 3 aromatic rings. The maximum Gasteiger partial charge on any atom is 0.418 e. The van der Waals surface area contributed by atoms with Crippen molar-refractivity contribution in [3.05, 3.63) is 68.9 Å². The number of fused-ring (bicyclic) bond motifs is 3. The lowest BCUT2D eigenvalue weighted by Crippen LogP contribution is -2.43. The van der Waals surface area contributed by atoms with Crippen molar-refractivity contribution in [3.8, 4) is 17.9 Å². The molecule has 4 aliphatic heterocycles. The lowest BCUT2D eigenvalue weighted by atomic mass is 9.90. The molecule has 1 amide bonds. The van der Waals surface area contributed by atoms with Gasteiger partial charge >= 0.3 is 12.2 Å². The average molecular weight is 749 g/mol. The Morgan fingerprint density at radius 1 is 1.17 bits per heavy atom. The van der Waals surface area contributed by atoms with Crippen LogP contribution in [0.4, 0.5) is 29.1 Å². The fourth-order valence-corrected chi connectivity index (χ4v) is 8.81. The normalized spacial score (nSPS) is 22.6. The van der Waals surface area contributed by atoms with E-state index >= 15 is 4.39 Å². The summed E-state index contributed by atoms with van der Waals surface area (Å²) < 4.78 is 74.3. The van der Waals surface area contributed by atoms with Crippen LogP contribution in [0.15, 0.2) is 18.2 Å². The number of rotatable bonds is 7. The van der Waals surface area contributed by atoms with E-state index < -0.39 is 40.5 Å². The molecule has 2 atom stereocenters. The molecule has 2 aromatic heterocycles. The number of nitrogen functional groups attached to an aromatic ring is 1. The van der Waals surface area contributed by atoms with Crippen molar-refractivity contribution >= 4 is 17.4 Å². The van der Waals surface area contributed by atoms with Crippen LogP contribution in [0.25, 0.3) is 0 Å². The van der Waals surface area contributed by atoms with E-state index in [9.17, 15) is 18.0 Å². The zero-order chi connectivity index (χ0) is 38.1. The Kier molecular flexibility index (Phi) is 9.12. The first kappa shape index (κ1) is 36.3. The van der Waals surface area contributed by atoms with Gasteiger partial charge in [0.1, 0.15) is 12.4 Å². The van der Waals surface area contributed by atoms with Crippen molar-refractivity contribution in [3.63, 3.8) is 0 Å². The van der Waals surface area contributed by atoms with Gasteiger partial charge in [-0.25, -0.2) is 4.39 Å². The predicted molar refractivity (Wildman–Crippen MR) is 192 cm³/mol. The molecule has 15 heteroatoms. The number of alkyl halides is 3. The van der Waals surface area contributed by atoms with Crippen molar-refractivity contribution in [1.82, 2.24) is 29.5 Å². The van der Waals surface area contributed by atoms with Gasteiger partial charge in [-0.1, -0.05) is 18.1 Å². The number of halogens is 4. The third-order valence-electron chi connectivity index (χ3n) is 11.4. The largest absolute Gasteiger partial charge is 0.461 e. The van der Waals surface area contributed by atoms with Crippen molar-refractivity contribution < 1.29 is 31.8 Å². The average Bonchev–Trinajstić information content (AvgIpc) is 3.75. The topological polar surface area (TPSA) is 115 Å². The minimum atomic E-state index is -4.93. The summed E-state index contributed by atoms with van der Waals surface area (Å²) in [4.78, 5) is 29.1. The highest BCUT2D eigenvalue weighted by Crippen LogP contribution is 2.47. The number of nitrogens with zero attached hydrogens (tertiary/aromatic N) is 7. The number of amides is 1. The van der Waals surface area contributed by atoms with Gasteiger partial charge in [0, 0.05) is 62.4 Å². The van der Waals surface area contributed by atoms with Gasteiger partial charge in [0.2, 0.25) is 0 Å². The Bertz CT molecular complexity index is 2100. The Labute approximate surface area is 311 Å². The lowest BCUT2D eigenvalue weighted by molar-refractivity contribution is -0.140. The highest BCUT2D eigenvalue weighted by molar-refractivity contribution is 5.94. The van der Waals surface area contributed by atoms with E-state index in [0.29, 0.717) is 55.4 Å². The maximum absolute atomic E-state index is 15.8. The van der Waals surface area contributed by atoms with Crippen LogP contribution in [0, 0.1) is 17.7 Å². The van der Waals surface area contributed by atoms with E-state index in [1.54, 1.807) is 19.0 Å². The fourth-order valence-electron chi connectivity index (χ4n) is 8.81. The summed E-state index contributed by atoms with van der Waals surface area (Å²) in [6.45, 7) is 9.09. The number of nitrogens with two attached hydrogens (primary N) is 1. The molecule has 1 aromatic carbocycles. The summed E-state index contributed by atoms with van der Waals surface area (Å²) in [5, 5.41) is 4.80. The fraction of sp³-hybridized carbons (Fsp3) is 0.538. The second-order valence-electron chi connectivity index (χ2n) is 15.4. The molecule has 0 unspecified atom stereocenters. The van der Waals surface area contributed by atoms with E-state index in [1.807, 2.05) is 4.68 Å². The molecule has 0 radical (unpaired) electrons. The molecular formula is C39H44F4N8O3. The van der Waals surface area contributed by atoms with Gasteiger partial charge in [0.25, 0.3) is 5.91 Å². The molecule has 11 nitrogen and oxygen atoms in total. The van der Waals surface area contributed by atoms with Gasteiger partial charge < -0.3 is 25.0 Å². The molecule has 1 saturated carbocycles. The van der Waals surface area contributed by atoms with E-state index in [2.05, 4.69) is 28.2 Å². The Morgan fingerprint density at radius 3 is 2.69 bits per heavy atom. The molecule has 5 aliphatic rings. The number of ether oxygens (including phenoxy) is 2. The third kappa shape index (κ3) is 6.36. The van der Waals surface area contributed by atoms with Gasteiger partial charge in [-0.05, 0) is 64.0 Å². The Morgan fingerprint density at radius 2 is 1.96 bits per heavy atom. The monoisotopic (exact) mass is 748 g/mol. The van der Waals surface area contributed by atoms with Crippen molar-refractivity contribution in [2.75, 3.05) is 51.0 Å². The van der Waals surface area contributed by atoms with Crippen LogP contribution in [-0.4, -0.2) is 81.3 Å². The zero-order valence-corrected chi connectivity index (χ0v) is 30.8. The molecule has 3 fully saturated rings. The lowest BCUT2D eigenvalue weighted by Gasteiger charge is -2.33. The van der Waals surface area contributed by atoms with Gasteiger partial charge in [-0.15, -0.1) is 5.92 Å². The van der Waals surface area contributed by atoms with Crippen molar-refractivity contribution in [1.29, 1.82) is 0 Å². The predicted octanol–water partition coefficient (Wildman–Crippen LogP) is 5.76. The van der Waals surface area contributed by atoms with E-state index in [1.165, 1.54) is 6.92 Å². The van der Waals surface area contributed by atoms with Gasteiger partial charge in [0.05, 0.1) is 47.4 Å². The van der Waals surface area contributed by atoms with Gasteiger partial charge in [-0.2, -0.15) is 28.2 Å². The van der Waals surface area contributed by atoms with Crippen LogP contribution in [0.1, 0.15) is 107 Å². The number of aryl methyl sites for hydroxylation is 1. The molecule has 54 heavy (non-hydrogen) atoms. The molecule has 286 valence electrons. The third-order valence-corrected chi connectivity index (χ3v) is 11.4. The van der Waals surface area contributed by atoms with Crippen molar-refractivity contribution in [2.24, 2.45) is 0 Å².